The molecule has 0 N–H and O–H groups in total. The predicted octanol–water partition coefficient (Wildman–Crippen LogP) is 2.19. The van der Waals surface area contributed by atoms with Crippen LogP contribution in [0.5, 0.6) is 5.88 Å². The SMILES string of the molecule is CCOC(=O)C(C)Oc1nsnc1N1CCN(Cc2ccccc2)CC1. The Hall–Kier alpha value is -2.19. The van der Waals surface area contributed by atoms with Gasteiger partial charge in [0.15, 0.2) is 6.10 Å². The van der Waals surface area contributed by atoms with E-state index in [4.69, 9.17) is 9.47 Å². The van der Waals surface area contributed by atoms with Crippen molar-refractivity contribution in [1.29, 1.82) is 0 Å². The number of hydrogen-bond donors (Lipinski definition) is 0. The van der Waals surface area contributed by atoms with Crippen molar-refractivity contribution in [2.75, 3.05) is 37.7 Å². The average Bonchev–Trinajstić information content (AvgIpc) is 3.11. The maximum absolute atomic E-state index is 11.8. The highest BCUT2D eigenvalue weighted by Crippen LogP contribution is 2.27. The van der Waals surface area contributed by atoms with Crippen molar-refractivity contribution in [3.8, 4) is 5.88 Å². The number of nitrogens with zero attached hydrogens (tertiary/aromatic N) is 4. The molecule has 1 fully saturated rings. The minimum absolute atomic E-state index is 0.331. The van der Waals surface area contributed by atoms with E-state index in [0.29, 0.717) is 18.3 Å². The Bertz CT molecular complexity index is 701. The van der Waals surface area contributed by atoms with Crippen LogP contribution in [0.25, 0.3) is 0 Å². The molecule has 0 aliphatic carbocycles. The first-order valence-corrected chi connectivity index (χ1v) is 9.57. The molecule has 1 aliphatic rings. The molecule has 1 atom stereocenters. The quantitative estimate of drug-likeness (QED) is 0.686. The number of carbonyl (C=O) groups is 1. The van der Waals surface area contributed by atoms with Crippen LogP contribution in [0, 0.1) is 0 Å². The molecule has 1 saturated heterocycles. The fourth-order valence-corrected chi connectivity index (χ4v) is 3.39. The molecule has 0 amide bonds. The van der Waals surface area contributed by atoms with Gasteiger partial charge in [0.05, 0.1) is 18.3 Å². The Kier molecular flexibility index (Phi) is 6.40. The lowest BCUT2D eigenvalue weighted by molar-refractivity contribution is -0.150. The molecule has 1 unspecified atom stereocenters. The van der Waals surface area contributed by atoms with Crippen molar-refractivity contribution < 1.29 is 14.3 Å². The molecule has 2 heterocycles. The highest BCUT2D eigenvalue weighted by Gasteiger charge is 2.25. The number of esters is 1. The van der Waals surface area contributed by atoms with E-state index >= 15 is 0 Å². The summed E-state index contributed by atoms with van der Waals surface area (Å²) in [5, 5.41) is 0. The Morgan fingerprint density at radius 1 is 1.19 bits per heavy atom. The largest absolute Gasteiger partial charge is 0.463 e. The van der Waals surface area contributed by atoms with Crippen LogP contribution in [0.4, 0.5) is 5.82 Å². The van der Waals surface area contributed by atoms with Crippen molar-refractivity contribution in [2.45, 2.75) is 26.5 Å². The second-order valence-electron chi connectivity index (χ2n) is 6.15. The molecular formula is C18H24N4O3S. The monoisotopic (exact) mass is 376 g/mol. The molecule has 0 saturated carbocycles. The third-order valence-electron chi connectivity index (χ3n) is 4.27. The minimum atomic E-state index is -0.697. The summed E-state index contributed by atoms with van der Waals surface area (Å²) in [5.74, 6) is 0.733. The van der Waals surface area contributed by atoms with Crippen molar-refractivity contribution in [2.24, 2.45) is 0 Å². The van der Waals surface area contributed by atoms with Gasteiger partial charge in [0.25, 0.3) is 5.88 Å². The molecule has 1 aromatic carbocycles. The number of anilines is 1. The topological polar surface area (TPSA) is 67.8 Å². The van der Waals surface area contributed by atoms with Gasteiger partial charge in [0.2, 0.25) is 5.82 Å². The first-order valence-electron chi connectivity index (χ1n) is 8.84. The van der Waals surface area contributed by atoms with Gasteiger partial charge >= 0.3 is 5.97 Å². The summed E-state index contributed by atoms with van der Waals surface area (Å²) in [5.41, 5.74) is 1.32. The molecule has 0 spiro atoms. The fourth-order valence-electron chi connectivity index (χ4n) is 2.88. The van der Waals surface area contributed by atoms with Gasteiger partial charge in [-0.25, -0.2) is 4.79 Å². The third kappa shape index (κ3) is 4.70. The highest BCUT2D eigenvalue weighted by atomic mass is 32.1. The van der Waals surface area contributed by atoms with Crippen molar-refractivity contribution in [3.63, 3.8) is 0 Å². The third-order valence-corrected chi connectivity index (χ3v) is 4.77. The van der Waals surface area contributed by atoms with E-state index in [1.54, 1.807) is 13.8 Å². The highest BCUT2D eigenvalue weighted by molar-refractivity contribution is 6.99. The van der Waals surface area contributed by atoms with Gasteiger partial charge in [-0.15, -0.1) is 4.37 Å². The lowest BCUT2D eigenvalue weighted by Gasteiger charge is -2.34. The van der Waals surface area contributed by atoms with E-state index < -0.39 is 6.10 Å². The number of rotatable bonds is 7. The van der Waals surface area contributed by atoms with Crippen molar-refractivity contribution in [3.05, 3.63) is 35.9 Å². The van der Waals surface area contributed by atoms with Gasteiger partial charge in [-0.1, -0.05) is 30.3 Å². The summed E-state index contributed by atoms with van der Waals surface area (Å²) in [6.07, 6.45) is -0.697. The normalized spacial score (nSPS) is 16.3. The van der Waals surface area contributed by atoms with Gasteiger partial charge in [0, 0.05) is 32.7 Å². The van der Waals surface area contributed by atoms with Crippen LogP contribution in [0.15, 0.2) is 30.3 Å². The lowest BCUT2D eigenvalue weighted by atomic mass is 10.2. The molecular weight excluding hydrogens is 352 g/mol. The standard InChI is InChI=1S/C18H24N4O3S/c1-3-24-18(23)14(2)25-17-16(19-26-20-17)22-11-9-21(10-12-22)13-15-7-5-4-6-8-15/h4-8,14H,3,9-13H2,1-2H3. The first kappa shape index (κ1) is 18.6. The zero-order chi connectivity index (χ0) is 18.4. The zero-order valence-corrected chi connectivity index (χ0v) is 15.9. The van der Waals surface area contributed by atoms with E-state index in [0.717, 1.165) is 44.5 Å². The maximum atomic E-state index is 11.8. The van der Waals surface area contributed by atoms with Gasteiger partial charge in [-0.3, -0.25) is 4.90 Å². The summed E-state index contributed by atoms with van der Waals surface area (Å²) in [6.45, 7) is 8.31. The number of ether oxygens (including phenoxy) is 2. The molecule has 26 heavy (non-hydrogen) atoms. The molecule has 3 rings (SSSR count). The second-order valence-corrected chi connectivity index (χ2v) is 6.68. The number of benzene rings is 1. The first-order chi connectivity index (χ1) is 12.7. The molecule has 2 aromatic rings. The molecule has 1 aliphatic heterocycles. The molecule has 1 aromatic heterocycles. The molecule has 0 bridgehead atoms. The molecule has 140 valence electrons. The minimum Gasteiger partial charge on any atom is -0.463 e. The van der Waals surface area contributed by atoms with Crippen LogP contribution in [0.3, 0.4) is 0 Å². The van der Waals surface area contributed by atoms with E-state index in [1.165, 1.54) is 5.56 Å². The van der Waals surface area contributed by atoms with Gasteiger partial charge < -0.3 is 14.4 Å². The summed E-state index contributed by atoms with van der Waals surface area (Å²) in [4.78, 5) is 16.4. The molecule has 8 heteroatoms. The summed E-state index contributed by atoms with van der Waals surface area (Å²) >= 11 is 1.10. The van der Waals surface area contributed by atoms with E-state index in [-0.39, 0.29) is 5.97 Å². The van der Waals surface area contributed by atoms with Crippen LogP contribution in [-0.2, 0) is 16.1 Å². The summed E-state index contributed by atoms with van der Waals surface area (Å²) in [6, 6.07) is 10.5. The van der Waals surface area contributed by atoms with E-state index in [1.807, 2.05) is 6.07 Å². The number of carbonyl (C=O) groups excluding carboxylic acids is 1. The second kappa shape index (κ2) is 8.95. The van der Waals surface area contributed by atoms with Gasteiger partial charge in [-0.05, 0) is 19.4 Å². The fraction of sp³-hybridized carbons (Fsp3) is 0.500. The van der Waals surface area contributed by atoms with Crippen LogP contribution >= 0.6 is 11.7 Å². The van der Waals surface area contributed by atoms with Gasteiger partial charge in [-0.2, -0.15) is 4.37 Å². The lowest BCUT2D eigenvalue weighted by Crippen LogP contribution is -2.46. The predicted molar refractivity (Wildman–Crippen MR) is 101 cm³/mol. The van der Waals surface area contributed by atoms with Crippen LogP contribution in [0.2, 0.25) is 0 Å². The number of aromatic nitrogens is 2. The zero-order valence-electron chi connectivity index (χ0n) is 15.1. The Balaban J connectivity index is 1.55. The van der Waals surface area contributed by atoms with Crippen molar-refractivity contribution in [1.82, 2.24) is 13.6 Å². The van der Waals surface area contributed by atoms with Gasteiger partial charge in [0.1, 0.15) is 0 Å². The maximum Gasteiger partial charge on any atom is 0.347 e. The van der Waals surface area contributed by atoms with Crippen molar-refractivity contribution >= 4 is 23.5 Å². The Labute approximate surface area is 157 Å². The Morgan fingerprint density at radius 3 is 2.62 bits per heavy atom. The van der Waals surface area contributed by atoms with Crippen LogP contribution in [-0.4, -0.2) is 58.5 Å². The Morgan fingerprint density at radius 2 is 1.92 bits per heavy atom. The smallest absolute Gasteiger partial charge is 0.347 e. The number of piperazine rings is 1. The molecule has 7 nitrogen and oxygen atoms in total. The van der Waals surface area contributed by atoms with Crippen LogP contribution < -0.4 is 9.64 Å². The summed E-state index contributed by atoms with van der Waals surface area (Å²) < 4.78 is 19.2. The van der Waals surface area contributed by atoms with E-state index in [2.05, 4.69) is 42.8 Å². The molecule has 0 radical (unpaired) electrons. The number of hydrogen-bond acceptors (Lipinski definition) is 8. The van der Waals surface area contributed by atoms with Crippen LogP contribution in [0.1, 0.15) is 19.4 Å². The van der Waals surface area contributed by atoms with E-state index in [9.17, 15) is 4.79 Å². The average molecular weight is 376 g/mol. The summed E-state index contributed by atoms with van der Waals surface area (Å²) in [7, 11) is 0.